The number of rotatable bonds is 8. The molecule has 192 valence electrons. The van der Waals surface area contributed by atoms with E-state index in [2.05, 4.69) is 4.74 Å². The van der Waals surface area contributed by atoms with Crippen LogP contribution >= 0.6 is 0 Å². The second kappa shape index (κ2) is 10.1. The van der Waals surface area contributed by atoms with Gasteiger partial charge in [0, 0.05) is 0 Å². The van der Waals surface area contributed by atoms with E-state index in [-0.39, 0.29) is 0 Å². The van der Waals surface area contributed by atoms with Gasteiger partial charge in [-0.2, -0.15) is 39.5 Å². The fourth-order valence-electron chi connectivity index (χ4n) is 2.99. The zero-order chi connectivity index (χ0) is 26.8. The van der Waals surface area contributed by atoms with Crippen molar-refractivity contribution in [3.8, 4) is 0 Å². The minimum Gasteiger partial charge on any atom is -0.455 e. The van der Waals surface area contributed by atoms with Gasteiger partial charge in [-0.15, -0.1) is 0 Å². The third-order valence-electron chi connectivity index (χ3n) is 4.88. The molecule has 12 heteroatoms. The van der Waals surface area contributed by atoms with E-state index in [1.807, 2.05) is 60.7 Å². The van der Waals surface area contributed by atoms with Crippen LogP contribution in [0.4, 0.5) is 39.5 Å². The van der Waals surface area contributed by atoms with E-state index in [4.69, 9.17) is 0 Å². The van der Waals surface area contributed by atoms with Crippen LogP contribution in [0.25, 0.3) is 0 Å². The summed E-state index contributed by atoms with van der Waals surface area (Å²) in [6.07, 6.45) is -6.95. The van der Waals surface area contributed by atoms with Crippen molar-refractivity contribution in [3.05, 3.63) is 90.5 Å². The summed E-state index contributed by atoms with van der Waals surface area (Å²) in [5.41, 5.74) is -0.398. The second-order valence-corrected chi connectivity index (χ2v) is 9.41. The van der Waals surface area contributed by atoms with Crippen molar-refractivity contribution in [1.82, 2.24) is 0 Å². The van der Waals surface area contributed by atoms with E-state index >= 15 is 0 Å². The maximum absolute atomic E-state index is 13.6. The van der Waals surface area contributed by atoms with Gasteiger partial charge in [0.25, 0.3) is 0 Å². The monoisotopic (exact) mass is 539 g/mol. The predicted octanol–water partition coefficient (Wildman–Crippen LogP) is 7.41. The topological polar surface area (TPSA) is 26.3 Å². The third kappa shape index (κ3) is 5.32. The van der Waals surface area contributed by atoms with Gasteiger partial charge < -0.3 is 4.74 Å². The van der Waals surface area contributed by atoms with Crippen molar-refractivity contribution in [2.24, 2.45) is 0 Å². The van der Waals surface area contributed by atoms with Crippen LogP contribution in [0.1, 0.15) is 10.4 Å². The van der Waals surface area contributed by atoms with Crippen LogP contribution < -0.4 is 0 Å². The maximum atomic E-state index is 13.6. The van der Waals surface area contributed by atoms with Crippen molar-refractivity contribution >= 4 is 16.9 Å². The standard InChI is InChI=1S/C24H16F9O2S/c25-21(26,22(27,28)23(29,30)24(31,32)33)15-35-20(34)16-11-13-19(14-12-16)36(17-7-3-1-4-8-17)18-9-5-2-6-10-18/h1-14H,15H2/q+1. The number of benzene rings is 3. The highest BCUT2D eigenvalue weighted by molar-refractivity contribution is 7.97. The highest BCUT2D eigenvalue weighted by Crippen LogP contribution is 2.53. The van der Waals surface area contributed by atoms with Crippen LogP contribution in [0.15, 0.2) is 99.6 Å². The first kappa shape index (κ1) is 27.4. The summed E-state index contributed by atoms with van der Waals surface area (Å²) in [6.45, 7) is -2.69. The SMILES string of the molecule is O=C(OCC(F)(F)C(F)(F)C(F)(F)C(F)(F)F)c1ccc([S+](c2ccccc2)c2ccccc2)cc1. The summed E-state index contributed by atoms with van der Waals surface area (Å²) in [7, 11) is -0.645. The Morgan fingerprint density at radius 1 is 0.611 bits per heavy atom. The Balaban J connectivity index is 1.79. The molecule has 0 radical (unpaired) electrons. The molecule has 0 saturated heterocycles. The molecule has 0 aliphatic carbocycles. The van der Waals surface area contributed by atoms with Gasteiger partial charge in [0.2, 0.25) is 0 Å². The Hall–Kier alpha value is -3.15. The summed E-state index contributed by atoms with van der Waals surface area (Å²) < 4.78 is 121. The molecule has 0 bridgehead atoms. The molecule has 0 unspecified atom stereocenters. The molecule has 0 aromatic heterocycles. The lowest BCUT2D eigenvalue weighted by molar-refractivity contribution is -0.398. The first-order chi connectivity index (χ1) is 16.7. The van der Waals surface area contributed by atoms with Gasteiger partial charge in [-0.25, -0.2) is 4.79 Å². The van der Waals surface area contributed by atoms with Crippen molar-refractivity contribution in [1.29, 1.82) is 0 Å². The number of carbonyl (C=O) groups excluding carboxylic acids is 1. The average molecular weight is 539 g/mol. The lowest BCUT2D eigenvalue weighted by Gasteiger charge is -2.33. The first-order valence-corrected chi connectivity index (χ1v) is 11.2. The molecule has 0 spiro atoms. The van der Waals surface area contributed by atoms with Crippen molar-refractivity contribution < 1.29 is 49.0 Å². The predicted molar refractivity (Wildman–Crippen MR) is 113 cm³/mol. The molecular formula is C24H16F9O2S+. The van der Waals surface area contributed by atoms with Crippen LogP contribution in [0.3, 0.4) is 0 Å². The summed E-state index contributed by atoms with van der Waals surface area (Å²) in [6, 6.07) is 23.6. The van der Waals surface area contributed by atoms with Gasteiger partial charge in [-0.3, -0.25) is 0 Å². The van der Waals surface area contributed by atoms with E-state index < -0.39 is 53.0 Å². The Bertz CT molecular complexity index is 1130. The van der Waals surface area contributed by atoms with E-state index in [0.29, 0.717) is 4.90 Å². The molecule has 0 N–H and O–H groups in total. The molecule has 0 saturated carbocycles. The average Bonchev–Trinajstić information content (AvgIpc) is 2.83. The quantitative estimate of drug-likeness (QED) is 0.169. The molecule has 3 aromatic rings. The highest BCUT2D eigenvalue weighted by Gasteiger charge is 2.82. The molecule has 3 aromatic carbocycles. The molecule has 0 fully saturated rings. The summed E-state index contributed by atoms with van der Waals surface area (Å²) >= 11 is 0. The summed E-state index contributed by atoms with van der Waals surface area (Å²) in [5, 5.41) is 0. The lowest BCUT2D eigenvalue weighted by atomic mass is 10.0. The summed E-state index contributed by atoms with van der Waals surface area (Å²) in [4.78, 5) is 14.6. The minimum absolute atomic E-state index is 0.398. The van der Waals surface area contributed by atoms with Gasteiger partial charge in [0.1, 0.15) is 0 Å². The number of alkyl halides is 9. The maximum Gasteiger partial charge on any atom is 0.460 e. The van der Waals surface area contributed by atoms with Crippen LogP contribution in [-0.4, -0.2) is 36.5 Å². The van der Waals surface area contributed by atoms with Gasteiger partial charge in [0.15, 0.2) is 21.3 Å². The first-order valence-electron chi connectivity index (χ1n) is 10.0. The Morgan fingerprint density at radius 3 is 1.44 bits per heavy atom. The van der Waals surface area contributed by atoms with E-state index in [1.54, 1.807) is 0 Å². The van der Waals surface area contributed by atoms with E-state index in [0.717, 1.165) is 21.9 Å². The molecule has 0 aliphatic heterocycles. The van der Waals surface area contributed by atoms with Gasteiger partial charge in [-0.05, 0) is 48.5 Å². The number of hydrogen-bond acceptors (Lipinski definition) is 2. The van der Waals surface area contributed by atoms with Gasteiger partial charge >= 0.3 is 29.9 Å². The molecule has 0 atom stereocenters. The third-order valence-corrected chi connectivity index (χ3v) is 7.11. The largest absolute Gasteiger partial charge is 0.460 e. The smallest absolute Gasteiger partial charge is 0.455 e. The lowest BCUT2D eigenvalue weighted by Crippen LogP contribution is -2.62. The molecule has 3 rings (SSSR count). The molecule has 36 heavy (non-hydrogen) atoms. The minimum atomic E-state index is -7.05. The number of halogens is 9. The number of ether oxygens (including phenoxy) is 1. The zero-order valence-electron chi connectivity index (χ0n) is 17.9. The fraction of sp³-hybridized carbons (Fsp3) is 0.208. The van der Waals surface area contributed by atoms with Crippen LogP contribution in [-0.2, 0) is 15.6 Å². The molecule has 0 amide bonds. The van der Waals surface area contributed by atoms with Crippen LogP contribution in [0.5, 0.6) is 0 Å². The van der Waals surface area contributed by atoms with Gasteiger partial charge in [0.05, 0.1) is 16.5 Å². The Labute approximate surface area is 202 Å². The van der Waals surface area contributed by atoms with E-state index in [9.17, 15) is 44.3 Å². The van der Waals surface area contributed by atoms with Gasteiger partial charge in [-0.1, -0.05) is 36.4 Å². The zero-order valence-corrected chi connectivity index (χ0v) is 18.7. The Morgan fingerprint density at radius 2 is 1.03 bits per heavy atom. The molecule has 0 aliphatic rings. The Kier molecular flexibility index (Phi) is 7.68. The number of carbonyl (C=O) groups is 1. The van der Waals surface area contributed by atoms with Crippen LogP contribution in [0.2, 0.25) is 0 Å². The highest BCUT2D eigenvalue weighted by atomic mass is 32.2. The molecule has 2 nitrogen and oxygen atoms in total. The molecular weight excluding hydrogens is 523 g/mol. The summed E-state index contributed by atoms with van der Waals surface area (Å²) in [5.74, 6) is -21.5. The van der Waals surface area contributed by atoms with Crippen molar-refractivity contribution in [2.75, 3.05) is 6.61 Å². The second-order valence-electron chi connectivity index (χ2n) is 7.38. The van der Waals surface area contributed by atoms with Crippen molar-refractivity contribution in [3.63, 3.8) is 0 Å². The number of esters is 1. The normalized spacial score (nSPS) is 13.1. The van der Waals surface area contributed by atoms with E-state index in [1.165, 1.54) is 12.1 Å². The number of hydrogen-bond donors (Lipinski definition) is 0. The van der Waals surface area contributed by atoms with Crippen molar-refractivity contribution in [2.45, 2.75) is 38.6 Å². The van der Waals surface area contributed by atoms with Crippen LogP contribution in [0, 0.1) is 0 Å². The molecule has 0 heterocycles. The fourth-order valence-corrected chi connectivity index (χ4v) is 5.07.